The third kappa shape index (κ3) is 8.01. The first-order valence-corrected chi connectivity index (χ1v) is 19.4. The Morgan fingerprint density at radius 2 is 1.29 bits per heavy atom. The van der Waals surface area contributed by atoms with Gasteiger partial charge in [0.1, 0.15) is 24.7 Å². The smallest absolute Gasteiger partial charge is 0.253 e. The topological polar surface area (TPSA) is 102 Å². The normalized spacial score (nSPS) is 26.7. The molecule has 0 radical (unpaired) electrons. The van der Waals surface area contributed by atoms with Gasteiger partial charge in [-0.2, -0.15) is 0 Å². The monoisotopic (exact) mass is 698 g/mol. The number of nitrogens with one attached hydrogen (secondary N) is 2. The number of benzene rings is 2. The lowest BCUT2D eigenvalue weighted by Crippen LogP contribution is -2.55. The number of carbonyl (C=O) groups excluding carboxylic acids is 2. The van der Waals surface area contributed by atoms with Crippen LogP contribution in [0.1, 0.15) is 108 Å². The average Bonchev–Trinajstić information content (AvgIpc) is 3.18. The largest absolute Gasteiger partial charge is 0.487 e. The predicted molar refractivity (Wildman–Crippen MR) is 200 cm³/mol. The summed E-state index contributed by atoms with van der Waals surface area (Å²) >= 11 is 0. The molecule has 8 heteroatoms. The summed E-state index contributed by atoms with van der Waals surface area (Å²) in [6, 6.07) is 25.9. The van der Waals surface area contributed by atoms with E-state index in [4.69, 9.17) is 9.47 Å². The zero-order chi connectivity index (χ0) is 35.4. The molecule has 270 valence electrons. The van der Waals surface area contributed by atoms with Gasteiger partial charge in [0.05, 0.1) is 22.5 Å². The van der Waals surface area contributed by atoms with Gasteiger partial charge < -0.3 is 20.1 Å². The van der Waals surface area contributed by atoms with Gasteiger partial charge in [0.15, 0.2) is 0 Å². The molecule has 2 heterocycles. The van der Waals surface area contributed by atoms with Crippen molar-refractivity contribution in [1.82, 2.24) is 20.6 Å². The molecule has 5 saturated carbocycles. The number of ether oxygens (including phenoxy) is 2. The molecule has 9 rings (SSSR count). The van der Waals surface area contributed by atoms with Crippen LogP contribution in [-0.4, -0.2) is 33.9 Å². The summed E-state index contributed by atoms with van der Waals surface area (Å²) in [5.74, 6) is 5.52. The first-order chi connectivity index (χ1) is 25.4. The van der Waals surface area contributed by atoms with E-state index in [1.807, 2.05) is 60.7 Å². The molecule has 4 aromatic rings. The first kappa shape index (κ1) is 34.4. The lowest BCUT2D eigenvalue weighted by Gasteiger charge is -2.54. The zero-order valence-electron chi connectivity index (χ0n) is 30.1. The van der Waals surface area contributed by atoms with Crippen LogP contribution < -0.4 is 20.1 Å². The molecule has 1 atom stereocenters. The third-order valence-corrected chi connectivity index (χ3v) is 12.4. The molecule has 2 aromatic heterocycles. The maximum absolute atomic E-state index is 13.1. The van der Waals surface area contributed by atoms with Crippen molar-refractivity contribution in [3.8, 4) is 11.5 Å². The van der Waals surface area contributed by atoms with Gasteiger partial charge in [-0.3, -0.25) is 19.6 Å². The Morgan fingerprint density at radius 3 is 1.90 bits per heavy atom. The summed E-state index contributed by atoms with van der Waals surface area (Å²) in [5, 5.41) is 6.61. The van der Waals surface area contributed by atoms with Crippen molar-refractivity contribution in [3.05, 3.63) is 119 Å². The molecular weight excluding hydrogens is 649 g/mol. The second-order valence-corrected chi connectivity index (χ2v) is 15.8. The van der Waals surface area contributed by atoms with E-state index in [1.54, 1.807) is 12.4 Å². The second-order valence-electron chi connectivity index (χ2n) is 15.8. The summed E-state index contributed by atoms with van der Waals surface area (Å²) in [7, 11) is 0. The van der Waals surface area contributed by atoms with Gasteiger partial charge >= 0.3 is 0 Å². The number of aromatic nitrogens is 2. The minimum absolute atomic E-state index is 0.00451. The zero-order valence-corrected chi connectivity index (χ0v) is 30.1. The van der Waals surface area contributed by atoms with Crippen LogP contribution in [0.25, 0.3) is 0 Å². The Morgan fingerprint density at radius 1 is 0.692 bits per heavy atom. The van der Waals surface area contributed by atoms with Crippen molar-refractivity contribution in [2.24, 2.45) is 29.6 Å². The maximum atomic E-state index is 13.1. The minimum atomic E-state index is -0.0903. The average molecular weight is 699 g/mol. The number of amides is 2. The van der Waals surface area contributed by atoms with Crippen molar-refractivity contribution in [3.63, 3.8) is 0 Å². The lowest BCUT2D eigenvalue weighted by molar-refractivity contribution is -0.0119. The number of hydrogen-bond donors (Lipinski definition) is 2. The molecule has 0 saturated heterocycles. The van der Waals surface area contributed by atoms with Crippen molar-refractivity contribution >= 4 is 11.8 Å². The Balaban J connectivity index is 0.773. The van der Waals surface area contributed by atoms with E-state index in [0.717, 1.165) is 60.4 Å². The maximum Gasteiger partial charge on any atom is 0.253 e. The van der Waals surface area contributed by atoms with E-state index in [-0.39, 0.29) is 17.9 Å². The SMILES string of the molecule is CC(NC(=O)c1ccc(COc2ccccc2)nc1)C1CCC(c2cccc(OCc3ccc(C(=O)NC4C5CC6CC(C5)CC4C6)cn3)c2)CC1. The molecule has 4 bridgehead atoms. The van der Waals surface area contributed by atoms with Crippen LogP contribution in [0.2, 0.25) is 0 Å². The molecular formula is C44H50N4O4. The Bertz CT molecular complexity index is 1790. The molecule has 52 heavy (non-hydrogen) atoms. The Kier molecular flexibility index (Phi) is 10.2. The van der Waals surface area contributed by atoms with Crippen LogP contribution in [0.15, 0.2) is 91.3 Å². The summed E-state index contributed by atoms with van der Waals surface area (Å²) < 4.78 is 11.9. The molecule has 2 amide bonds. The molecule has 1 unspecified atom stereocenters. The van der Waals surface area contributed by atoms with Crippen LogP contribution in [0.5, 0.6) is 11.5 Å². The highest BCUT2D eigenvalue weighted by atomic mass is 16.5. The highest BCUT2D eigenvalue weighted by Crippen LogP contribution is 2.53. The highest BCUT2D eigenvalue weighted by molar-refractivity contribution is 5.94. The summed E-state index contributed by atoms with van der Waals surface area (Å²) in [6.07, 6.45) is 14.1. The molecule has 0 spiro atoms. The van der Waals surface area contributed by atoms with E-state index in [0.29, 0.717) is 54.1 Å². The van der Waals surface area contributed by atoms with Crippen molar-refractivity contribution < 1.29 is 19.1 Å². The number of carbonyl (C=O) groups is 2. The van der Waals surface area contributed by atoms with E-state index >= 15 is 0 Å². The predicted octanol–water partition coefficient (Wildman–Crippen LogP) is 8.28. The van der Waals surface area contributed by atoms with Gasteiger partial charge in [-0.15, -0.1) is 0 Å². The third-order valence-electron chi connectivity index (χ3n) is 12.4. The molecule has 2 aromatic carbocycles. The van der Waals surface area contributed by atoms with Gasteiger partial charge in [0.2, 0.25) is 0 Å². The van der Waals surface area contributed by atoms with Gasteiger partial charge in [-0.1, -0.05) is 30.3 Å². The molecule has 5 fully saturated rings. The number of nitrogens with zero attached hydrogens (tertiary/aromatic N) is 2. The van der Waals surface area contributed by atoms with Crippen molar-refractivity contribution in [2.45, 2.75) is 95.9 Å². The Labute approximate surface area is 307 Å². The van der Waals surface area contributed by atoms with Gasteiger partial charge in [0, 0.05) is 24.5 Å². The van der Waals surface area contributed by atoms with Crippen molar-refractivity contribution in [2.75, 3.05) is 0 Å². The standard InChI is InChI=1S/C44H50N4O4/c1-28(47-43(49)34-14-16-38(45-24-34)26-51-40-7-3-2-4-8-40)31-10-12-32(13-11-31)33-6-5-9-41(23-33)52-27-39-17-15-35(25-46-39)44(50)48-42-36-19-29-18-30(21-36)22-37(42)20-29/h2-9,14-17,23-25,28-32,36-37,42H,10-13,18-22,26-27H2,1H3,(H,47,49)(H,48,50). The first-order valence-electron chi connectivity index (χ1n) is 19.4. The highest BCUT2D eigenvalue weighted by Gasteiger charge is 2.48. The van der Waals surface area contributed by atoms with Gasteiger partial charge in [0.25, 0.3) is 11.8 Å². The fourth-order valence-electron chi connectivity index (χ4n) is 9.73. The molecule has 5 aliphatic carbocycles. The molecule has 2 N–H and O–H groups in total. The number of hydrogen-bond acceptors (Lipinski definition) is 6. The summed E-state index contributed by atoms with van der Waals surface area (Å²) in [4.78, 5) is 35.2. The molecule has 8 nitrogen and oxygen atoms in total. The van der Waals surface area contributed by atoms with Gasteiger partial charge in [-0.05, 0) is 154 Å². The number of para-hydroxylation sites is 1. The lowest BCUT2D eigenvalue weighted by atomic mass is 9.54. The minimum Gasteiger partial charge on any atom is -0.487 e. The quantitative estimate of drug-likeness (QED) is 0.154. The van der Waals surface area contributed by atoms with E-state index in [9.17, 15) is 9.59 Å². The molecule has 5 aliphatic rings. The number of pyridine rings is 2. The van der Waals surface area contributed by atoms with E-state index < -0.39 is 0 Å². The van der Waals surface area contributed by atoms with E-state index in [2.05, 4.69) is 45.7 Å². The van der Waals surface area contributed by atoms with Crippen LogP contribution >= 0.6 is 0 Å². The number of rotatable bonds is 12. The second kappa shape index (κ2) is 15.5. The van der Waals surface area contributed by atoms with Gasteiger partial charge in [-0.25, -0.2) is 0 Å². The molecule has 0 aliphatic heterocycles. The van der Waals surface area contributed by atoms with E-state index in [1.165, 1.54) is 37.7 Å². The van der Waals surface area contributed by atoms with Crippen LogP contribution in [0.3, 0.4) is 0 Å². The van der Waals surface area contributed by atoms with Crippen molar-refractivity contribution in [1.29, 1.82) is 0 Å². The van der Waals surface area contributed by atoms with Crippen LogP contribution in [0, 0.1) is 29.6 Å². The fourth-order valence-corrected chi connectivity index (χ4v) is 9.73. The van der Waals surface area contributed by atoms with Crippen LogP contribution in [-0.2, 0) is 13.2 Å². The summed E-state index contributed by atoms with van der Waals surface area (Å²) in [5.41, 5.74) is 4.06. The fraction of sp³-hybridized carbons (Fsp3) is 0.455. The van der Waals surface area contributed by atoms with Crippen LogP contribution in [0.4, 0.5) is 0 Å². The summed E-state index contributed by atoms with van der Waals surface area (Å²) in [6.45, 7) is 2.82. The Hall–Kier alpha value is -4.72.